The molecule has 230 valence electrons. The number of aliphatic hydroxyl groups excluding tert-OH is 1. The Bertz CT molecular complexity index is 1330. The molecule has 1 aliphatic carbocycles. The van der Waals surface area contributed by atoms with Crippen molar-refractivity contribution in [1.82, 2.24) is 4.90 Å². The van der Waals surface area contributed by atoms with Gasteiger partial charge >= 0.3 is 12.1 Å². The smallest absolute Gasteiger partial charge is 0.410 e. The van der Waals surface area contributed by atoms with E-state index in [0.717, 1.165) is 54.4 Å². The molecule has 4 rings (SSSR count). The first kappa shape index (κ1) is 32.1. The second kappa shape index (κ2) is 15.1. The minimum absolute atomic E-state index is 0.115. The van der Waals surface area contributed by atoms with E-state index in [1.54, 1.807) is 11.0 Å². The highest BCUT2D eigenvalue weighted by Crippen LogP contribution is 2.31. The van der Waals surface area contributed by atoms with E-state index >= 15 is 0 Å². The molecule has 0 unspecified atom stereocenters. The number of carbonyl (C=O) groups is 2. The van der Waals surface area contributed by atoms with Crippen LogP contribution in [-0.2, 0) is 15.9 Å². The topological polar surface area (TPSA) is 85.3 Å². The van der Waals surface area contributed by atoms with Crippen molar-refractivity contribution in [3.8, 4) is 16.9 Å². The Morgan fingerprint density at radius 2 is 1.60 bits per heavy atom. The van der Waals surface area contributed by atoms with Crippen LogP contribution in [0.5, 0.6) is 5.75 Å². The number of rotatable bonds is 11. The van der Waals surface area contributed by atoms with Crippen molar-refractivity contribution in [2.45, 2.75) is 83.5 Å². The lowest BCUT2D eigenvalue weighted by atomic mass is 9.97. The highest BCUT2D eigenvalue weighted by atomic mass is 16.6. The van der Waals surface area contributed by atoms with Crippen LogP contribution in [0.1, 0.15) is 86.9 Å². The quantitative estimate of drug-likeness (QED) is 0.231. The van der Waals surface area contributed by atoms with Gasteiger partial charge in [-0.3, -0.25) is 0 Å². The Hall–Kier alpha value is -3.84. The van der Waals surface area contributed by atoms with Crippen LogP contribution in [0, 0.1) is 0 Å². The molecule has 0 radical (unpaired) electrons. The number of nitrogens with zero attached hydrogens (tertiary/aromatic N) is 1. The molecule has 0 saturated heterocycles. The van der Waals surface area contributed by atoms with Gasteiger partial charge in [0.1, 0.15) is 16.9 Å². The van der Waals surface area contributed by atoms with E-state index in [0.29, 0.717) is 24.3 Å². The summed E-state index contributed by atoms with van der Waals surface area (Å²) < 4.78 is 16.9. The van der Waals surface area contributed by atoms with Crippen LogP contribution in [0.15, 0.2) is 72.8 Å². The number of aryl methyl sites for hydroxylation is 1. The van der Waals surface area contributed by atoms with Crippen LogP contribution in [-0.4, -0.2) is 54.0 Å². The third-order valence-electron chi connectivity index (χ3n) is 7.64. The number of hydrogen-bond donors (Lipinski definition) is 1. The zero-order valence-electron chi connectivity index (χ0n) is 25.9. The number of ether oxygens (including phenoxy) is 3. The van der Waals surface area contributed by atoms with Gasteiger partial charge in [0.2, 0.25) is 0 Å². The fourth-order valence-electron chi connectivity index (χ4n) is 5.35. The molecule has 3 aromatic rings. The van der Waals surface area contributed by atoms with Crippen molar-refractivity contribution in [2.75, 3.05) is 20.2 Å². The molecule has 1 fully saturated rings. The normalized spacial score (nSPS) is 14.5. The van der Waals surface area contributed by atoms with Crippen LogP contribution in [0.2, 0.25) is 0 Å². The van der Waals surface area contributed by atoms with Crippen LogP contribution in [0.4, 0.5) is 4.79 Å². The van der Waals surface area contributed by atoms with Gasteiger partial charge in [0.15, 0.2) is 0 Å². The molecule has 0 aliphatic heterocycles. The second-order valence-electron chi connectivity index (χ2n) is 12.2. The van der Waals surface area contributed by atoms with Gasteiger partial charge in [-0.15, -0.1) is 0 Å². The molecule has 1 N–H and O–H groups in total. The monoisotopic (exact) mass is 587 g/mol. The maximum Gasteiger partial charge on any atom is 0.410 e. The average Bonchev–Trinajstić information content (AvgIpc) is 3.00. The summed E-state index contributed by atoms with van der Waals surface area (Å²) in [4.78, 5) is 27.0. The van der Waals surface area contributed by atoms with Crippen molar-refractivity contribution in [3.63, 3.8) is 0 Å². The molecule has 1 atom stereocenters. The summed E-state index contributed by atoms with van der Waals surface area (Å²) in [6.07, 6.45) is 5.86. The summed E-state index contributed by atoms with van der Waals surface area (Å²) >= 11 is 0. The van der Waals surface area contributed by atoms with Gasteiger partial charge in [-0.05, 0) is 93.7 Å². The van der Waals surface area contributed by atoms with Crippen molar-refractivity contribution in [3.05, 3.63) is 89.5 Å². The molecule has 0 bridgehead atoms. The van der Waals surface area contributed by atoms with Crippen molar-refractivity contribution in [2.24, 2.45) is 0 Å². The number of amides is 1. The molecule has 1 amide bonds. The van der Waals surface area contributed by atoms with Gasteiger partial charge in [-0.2, -0.15) is 0 Å². The SMILES string of the molecule is COC(=O)c1ccc(-c2ccc(CCCN(C[C@H](O)c3ccccc3)C(=O)OC(C)(C)C)cc2)cc1OC1CCCCC1. The van der Waals surface area contributed by atoms with E-state index in [2.05, 4.69) is 24.3 Å². The maximum atomic E-state index is 13.0. The van der Waals surface area contributed by atoms with Crippen LogP contribution < -0.4 is 4.74 Å². The van der Waals surface area contributed by atoms with E-state index in [9.17, 15) is 14.7 Å². The average molecular weight is 588 g/mol. The van der Waals surface area contributed by atoms with Gasteiger partial charge in [0, 0.05) is 6.54 Å². The van der Waals surface area contributed by atoms with Gasteiger partial charge in [-0.25, -0.2) is 9.59 Å². The first-order valence-electron chi connectivity index (χ1n) is 15.3. The van der Waals surface area contributed by atoms with Crippen molar-refractivity contribution >= 4 is 12.1 Å². The molecule has 0 heterocycles. The Balaban J connectivity index is 1.41. The lowest BCUT2D eigenvalue weighted by molar-refractivity contribution is 0.0142. The third kappa shape index (κ3) is 9.58. The van der Waals surface area contributed by atoms with Gasteiger partial charge < -0.3 is 24.2 Å². The number of benzene rings is 3. The van der Waals surface area contributed by atoms with E-state index < -0.39 is 23.8 Å². The van der Waals surface area contributed by atoms with Gasteiger partial charge in [0.05, 0.1) is 25.9 Å². The minimum atomic E-state index is -0.800. The molecule has 1 aliphatic rings. The molecule has 43 heavy (non-hydrogen) atoms. The summed E-state index contributed by atoms with van der Waals surface area (Å²) in [5.74, 6) is 0.171. The number of hydrogen-bond acceptors (Lipinski definition) is 6. The minimum Gasteiger partial charge on any atom is -0.490 e. The number of aliphatic hydroxyl groups is 1. The molecule has 0 aromatic heterocycles. The van der Waals surface area contributed by atoms with Crippen LogP contribution >= 0.6 is 0 Å². The number of esters is 1. The highest BCUT2D eigenvalue weighted by Gasteiger charge is 2.25. The van der Waals surface area contributed by atoms with Crippen molar-refractivity contribution < 1.29 is 28.9 Å². The Labute approximate surface area is 255 Å². The van der Waals surface area contributed by atoms with E-state index in [4.69, 9.17) is 14.2 Å². The van der Waals surface area contributed by atoms with Crippen molar-refractivity contribution in [1.29, 1.82) is 0 Å². The third-order valence-corrected chi connectivity index (χ3v) is 7.64. The zero-order chi connectivity index (χ0) is 30.8. The Morgan fingerprint density at radius 1 is 0.930 bits per heavy atom. The van der Waals surface area contributed by atoms with E-state index in [1.807, 2.05) is 63.2 Å². The molecule has 7 heteroatoms. The Kier molecular flexibility index (Phi) is 11.2. The molecular weight excluding hydrogens is 542 g/mol. The highest BCUT2D eigenvalue weighted by molar-refractivity contribution is 5.93. The fourth-order valence-corrected chi connectivity index (χ4v) is 5.35. The molecule has 0 spiro atoms. The predicted octanol–water partition coefficient (Wildman–Crippen LogP) is 7.76. The Morgan fingerprint density at radius 3 is 2.26 bits per heavy atom. The summed E-state index contributed by atoms with van der Waals surface area (Å²) in [6.45, 7) is 6.13. The van der Waals surface area contributed by atoms with Crippen LogP contribution in [0.3, 0.4) is 0 Å². The second-order valence-corrected chi connectivity index (χ2v) is 12.2. The molecular formula is C36H45NO6. The van der Waals surface area contributed by atoms with E-state index in [-0.39, 0.29) is 12.6 Å². The van der Waals surface area contributed by atoms with Gasteiger partial charge in [-0.1, -0.05) is 67.1 Å². The standard InChI is InChI=1S/C36H45NO6/c1-36(2,3)43-35(40)37(25-32(38)28-13-7-5-8-14-28)23-11-12-26-17-19-27(20-18-26)29-21-22-31(34(39)41-4)33(24-29)42-30-15-9-6-10-16-30/h5,7-8,13-14,17-22,24,30,32,38H,6,9-12,15-16,23,25H2,1-4H3/t32-/m0/s1. The summed E-state index contributed by atoms with van der Waals surface area (Å²) in [7, 11) is 1.39. The van der Waals surface area contributed by atoms with E-state index in [1.165, 1.54) is 13.5 Å². The number of carbonyl (C=O) groups excluding carboxylic acids is 2. The first-order valence-corrected chi connectivity index (χ1v) is 15.3. The lowest BCUT2D eigenvalue weighted by Crippen LogP contribution is -2.40. The fraction of sp³-hybridized carbons (Fsp3) is 0.444. The van der Waals surface area contributed by atoms with Crippen LogP contribution in [0.25, 0.3) is 11.1 Å². The maximum absolute atomic E-state index is 13.0. The summed E-state index contributed by atoms with van der Waals surface area (Å²) in [5.41, 5.74) is 3.71. The zero-order valence-corrected chi connectivity index (χ0v) is 25.9. The van der Waals surface area contributed by atoms with Gasteiger partial charge in [0.25, 0.3) is 0 Å². The number of methoxy groups -OCH3 is 1. The first-order chi connectivity index (χ1) is 20.6. The molecule has 7 nitrogen and oxygen atoms in total. The largest absolute Gasteiger partial charge is 0.490 e. The predicted molar refractivity (Wildman–Crippen MR) is 168 cm³/mol. The molecule has 3 aromatic carbocycles. The summed E-state index contributed by atoms with van der Waals surface area (Å²) in [5, 5.41) is 10.8. The summed E-state index contributed by atoms with van der Waals surface area (Å²) in [6, 6.07) is 23.3. The molecule has 1 saturated carbocycles. The lowest BCUT2D eigenvalue weighted by Gasteiger charge is -2.29.